The molecule has 4 nitrogen and oxygen atoms in total. The predicted molar refractivity (Wildman–Crippen MR) is 516 cm³/mol. The van der Waals surface area contributed by atoms with Crippen molar-refractivity contribution < 1.29 is 8.83 Å². The van der Waals surface area contributed by atoms with Gasteiger partial charge in [-0.1, -0.05) is 342 Å². The molecule has 6 heteroatoms. The van der Waals surface area contributed by atoms with E-state index in [2.05, 4.69) is 444 Å². The Morgan fingerprint density at radius 1 is 0.210 bits per heavy atom. The van der Waals surface area contributed by atoms with Crippen LogP contribution in [0.25, 0.3) is 110 Å². The van der Waals surface area contributed by atoms with E-state index in [4.69, 9.17) is 8.83 Å². The zero-order chi connectivity index (χ0) is 82.3. The second-order valence-electron chi connectivity index (χ2n) is 34.8. The molecule has 0 saturated carbocycles. The Balaban J connectivity index is 0.564. The summed E-state index contributed by atoms with van der Waals surface area (Å²) in [6.07, 6.45) is 0. The maximum Gasteiger partial charge on any atom is 0.143 e. The minimum atomic E-state index is -0.644. The number of fused-ring (bicyclic) bond motifs is 26. The minimum Gasteiger partial charge on any atom is -0.456 e. The van der Waals surface area contributed by atoms with Crippen molar-refractivity contribution in [2.24, 2.45) is 0 Å². The Kier molecular flexibility index (Phi) is 16.1. The van der Waals surface area contributed by atoms with E-state index in [1.165, 1.54) is 119 Å². The van der Waals surface area contributed by atoms with Crippen LogP contribution in [0.4, 0.5) is 34.1 Å². The van der Waals surface area contributed by atoms with Crippen LogP contribution in [0.2, 0.25) is 0 Å². The molecule has 2 spiro atoms. The summed E-state index contributed by atoms with van der Waals surface area (Å²) in [7, 11) is 0. The van der Waals surface area contributed by atoms with Gasteiger partial charge in [-0.05, 0) is 236 Å². The van der Waals surface area contributed by atoms with Crippen molar-refractivity contribution in [2.45, 2.75) is 68.9 Å². The lowest BCUT2D eigenvalue weighted by molar-refractivity contribution is 0.554. The van der Waals surface area contributed by atoms with Gasteiger partial charge < -0.3 is 18.6 Å². The Hall–Kier alpha value is -14.4. The smallest absolute Gasteiger partial charge is 0.143 e. The summed E-state index contributed by atoms with van der Waals surface area (Å²) in [4.78, 5) is 9.88. The van der Waals surface area contributed by atoms with Crippen LogP contribution in [0.15, 0.2) is 441 Å². The van der Waals surface area contributed by atoms with Gasteiger partial charge in [0.15, 0.2) is 0 Å². The highest BCUT2D eigenvalue weighted by Crippen LogP contribution is 2.66. The summed E-state index contributed by atoms with van der Waals surface area (Å²) in [5.74, 6) is 0. The van der Waals surface area contributed by atoms with E-state index in [1.807, 2.05) is 29.6 Å². The van der Waals surface area contributed by atoms with Crippen LogP contribution < -0.4 is 9.80 Å². The number of furan rings is 2. The third-order valence-corrected chi connectivity index (χ3v) is 30.0. The summed E-state index contributed by atoms with van der Waals surface area (Å²) in [5.41, 5.74) is 32.8. The zero-order valence-corrected chi connectivity index (χ0v) is 70.4. The van der Waals surface area contributed by atoms with E-state index in [1.54, 1.807) is 0 Å². The number of para-hydroxylation sites is 2. The molecule has 2 atom stereocenters. The van der Waals surface area contributed by atoms with Gasteiger partial charge in [0, 0.05) is 104 Å². The molecule has 586 valence electrons. The fourth-order valence-corrected chi connectivity index (χ4v) is 24.5. The number of hydrogen-bond donors (Lipinski definition) is 0. The maximum absolute atomic E-state index is 7.27. The van der Waals surface area contributed by atoms with Gasteiger partial charge in [0.1, 0.15) is 22.3 Å². The van der Waals surface area contributed by atoms with Gasteiger partial charge >= 0.3 is 0 Å². The van der Waals surface area contributed by atoms with Crippen molar-refractivity contribution in [3.8, 4) is 44.5 Å². The molecule has 21 aromatic rings. The number of nitrogens with zero attached hydrogens (tertiary/aromatic N) is 2. The average Bonchev–Trinajstić information content (AvgIpc) is 0.788. The van der Waals surface area contributed by atoms with Gasteiger partial charge in [0.2, 0.25) is 0 Å². The summed E-state index contributed by atoms with van der Waals surface area (Å²) in [6.45, 7) is 9.71. The van der Waals surface area contributed by atoms with Crippen LogP contribution in [-0.4, -0.2) is 0 Å². The van der Waals surface area contributed by atoms with Crippen LogP contribution in [0.1, 0.15) is 94.5 Å². The van der Waals surface area contributed by atoms with Crippen LogP contribution in [0.5, 0.6) is 0 Å². The molecule has 2 aliphatic carbocycles. The first kappa shape index (κ1) is 72.4. The standard InChI is InChI=1S/C118H80N2O2S2/c1-115(2)95-32-13-15-34-97(95)117(101-65-51-78-25-8-10-27-88(78)112(101)115)99-36-17-20-39-108(99)123-110-67-53-81(69-103(110)117)77-49-58-83(59-50-77)119(86-60-63-92-91-29-12-19-38-105(91)121-106(92)71-86)82-54-47-76(48-55-82)74-41-43-80(44-42-74)90-30-22-31-94-93-64-61-87(72-107(93)122-114(90)94)120(84-56-45-75(46-57-84)73-23-6-5-7-24-73)85-62-68-111-104(70-85)118(100-37-18-21-40-109(100)124-111)98-35-16-14-33-96(98)116(3,4)113-89-28-11-9-26-79(89)52-66-102(113)118/h5-72H,1-4H3. The van der Waals surface area contributed by atoms with Crippen LogP contribution in [0.3, 0.4) is 0 Å². The monoisotopic (exact) mass is 1620 g/mol. The topological polar surface area (TPSA) is 32.8 Å². The van der Waals surface area contributed by atoms with Crippen molar-refractivity contribution in [3.63, 3.8) is 0 Å². The van der Waals surface area contributed by atoms with E-state index in [0.29, 0.717) is 0 Å². The predicted octanol–water partition coefficient (Wildman–Crippen LogP) is 32.4. The Bertz CT molecular complexity index is 8000. The number of hydrogen-bond acceptors (Lipinski definition) is 6. The van der Waals surface area contributed by atoms with Crippen molar-refractivity contribution in [1.29, 1.82) is 0 Å². The molecule has 25 rings (SSSR count). The van der Waals surface area contributed by atoms with Crippen LogP contribution in [0, 0.1) is 0 Å². The summed E-state index contributed by atoms with van der Waals surface area (Å²) < 4.78 is 13.9. The van der Waals surface area contributed by atoms with E-state index in [0.717, 1.165) is 111 Å². The Labute approximate surface area is 729 Å². The molecule has 0 fully saturated rings. The first-order valence-electron chi connectivity index (χ1n) is 43.0. The third kappa shape index (κ3) is 10.7. The highest BCUT2D eigenvalue weighted by atomic mass is 32.2. The number of rotatable bonds is 10. The lowest BCUT2D eigenvalue weighted by atomic mass is 9.53. The first-order chi connectivity index (χ1) is 60.9. The molecule has 4 aliphatic rings. The highest BCUT2D eigenvalue weighted by molar-refractivity contribution is 7.99. The summed E-state index contributed by atoms with van der Waals surface area (Å²) in [5, 5.41) is 9.45. The summed E-state index contributed by atoms with van der Waals surface area (Å²) >= 11 is 3.77. The van der Waals surface area contributed by atoms with Crippen LogP contribution in [-0.2, 0) is 21.7 Å². The van der Waals surface area contributed by atoms with Crippen molar-refractivity contribution in [2.75, 3.05) is 9.80 Å². The van der Waals surface area contributed by atoms with Gasteiger partial charge in [-0.2, -0.15) is 0 Å². The largest absolute Gasteiger partial charge is 0.456 e. The molecule has 0 N–H and O–H groups in total. The molecule has 2 aliphatic heterocycles. The number of benzene rings is 19. The zero-order valence-electron chi connectivity index (χ0n) is 68.8. The second-order valence-corrected chi connectivity index (χ2v) is 37.0. The van der Waals surface area contributed by atoms with Crippen molar-refractivity contribution in [1.82, 2.24) is 0 Å². The molecule has 2 aromatic heterocycles. The minimum absolute atomic E-state index is 0.257. The lowest BCUT2D eigenvalue weighted by Crippen LogP contribution is -2.43. The molecular weight excluding hydrogens is 1540 g/mol. The molecule has 0 saturated heterocycles. The average molecular weight is 1620 g/mol. The maximum atomic E-state index is 7.27. The lowest BCUT2D eigenvalue weighted by Gasteiger charge is -2.51. The molecular formula is C118H80N2O2S2. The van der Waals surface area contributed by atoms with E-state index in [-0.39, 0.29) is 10.8 Å². The van der Waals surface area contributed by atoms with E-state index in [9.17, 15) is 0 Å². The second kappa shape index (κ2) is 27.6. The molecule has 0 amide bonds. The molecule has 4 heterocycles. The molecule has 124 heavy (non-hydrogen) atoms. The van der Waals surface area contributed by atoms with Gasteiger partial charge in [-0.3, -0.25) is 0 Å². The van der Waals surface area contributed by atoms with E-state index >= 15 is 0 Å². The Morgan fingerprint density at radius 2 is 0.573 bits per heavy atom. The number of anilines is 6. The fraction of sp³-hybridized carbons (Fsp3) is 0.0678. The van der Waals surface area contributed by atoms with Crippen molar-refractivity contribution >= 4 is 123 Å². The Morgan fingerprint density at radius 3 is 1.13 bits per heavy atom. The normalized spacial score (nSPS) is 16.0. The van der Waals surface area contributed by atoms with Crippen LogP contribution >= 0.6 is 23.5 Å². The summed E-state index contributed by atoms with van der Waals surface area (Å²) in [6, 6.07) is 154. The molecule has 0 radical (unpaired) electrons. The molecule has 0 bridgehead atoms. The SMILES string of the molecule is CC1(C)c2ccccc2C2(c3ccccc3Sc3ccc(-c4ccc(N(c5ccc(-c6ccc(-c7cccc8c7oc7cc(N(c9ccc(-c%10ccccc%10)cc9)c9ccc%10c(c9)C9(c%11ccccc%11S%10)c%10ccccc%10C(C)(C)c%10c9ccc9ccccc%109)ccc78)cc6)cc5)c5ccc6c(c5)oc5ccccc56)cc4)cc32)c2ccc3ccccc3c21. The van der Waals surface area contributed by atoms with Gasteiger partial charge in [0.25, 0.3) is 0 Å². The van der Waals surface area contributed by atoms with Gasteiger partial charge in [0.05, 0.1) is 10.8 Å². The first-order valence-corrected chi connectivity index (χ1v) is 44.6. The van der Waals surface area contributed by atoms with E-state index < -0.39 is 10.8 Å². The van der Waals surface area contributed by atoms with Gasteiger partial charge in [-0.15, -0.1) is 0 Å². The quantitative estimate of drug-likeness (QED) is 0.136. The molecule has 2 unspecified atom stereocenters. The van der Waals surface area contributed by atoms with Crippen molar-refractivity contribution in [3.05, 3.63) is 479 Å². The van der Waals surface area contributed by atoms with Gasteiger partial charge in [-0.25, -0.2) is 0 Å². The molecule has 19 aromatic carbocycles. The highest BCUT2D eigenvalue weighted by Gasteiger charge is 2.55. The third-order valence-electron chi connectivity index (χ3n) is 27.7. The fourth-order valence-electron chi connectivity index (χ4n) is 22.1.